The summed E-state index contributed by atoms with van der Waals surface area (Å²) in [6.07, 6.45) is 0. The Morgan fingerprint density at radius 1 is 1.29 bits per heavy atom. The fourth-order valence-electron chi connectivity index (χ4n) is 1.38. The van der Waals surface area contributed by atoms with Crippen molar-refractivity contribution in [3.05, 3.63) is 29.8 Å². The van der Waals surface area contributed by atoms with E-state index < -0.39 is 0 Å². The zero-order valence-corrected chi connectivity index (χ0v) is 11.1. The second-order valence-corrected chi connectivity index (χ2v) is 4.42. The molecule has 0 aliphatic rings. The fraction of sp³-hybridized carbons (Fsp3) is 0.500. The number of rotatable bonds is 5. The molecule has 1 aromatic carbocycles. The summed E-state index contributed by atoms with van der Waals surface area (Å²) in [5, 5.41) is 0. The Labute approximate surface area is 103 Å². The molecular formula is C14H21NO2. The second kappa shape index (κ2) is 6.28. The van der Waals surface area contributed by atoms with Gasteiger partial charge in [0, 0.05) is 13.6 Å². The maximum absolute atomic E-state index is 11.5. The van der Waals surface area contributed by atoms with Crippen molar-refractivity contribution in [1.82, 2.24) is 4.90 Å². The van der Waals surface area contributed by atoms with Crippen LogP contribution in [0.4, 0.5) is 0 Å². The highest BCUT2D eigenvalue weighted by Gasteiger charge is 2.07. The van der Waals surface area contributed by atoms with E-state index in [9.17, 15) is 4.79 Å². The molecule has 0 radical (unpaired) electrons. The zero-order chi connectivity index (χ0) is 12.8. The first kappa shape index (κ1) is 13.6. The molecule has 94 valence electrons. The number of ether oxygens (including phenoxy) is 1. The smallest absolute Gasteiger partial charge is 0.260 e. The highest BCUT2D eigenvalue weighted by molar-refractivity contribution is 5.77. The van der Waals surface area contributed by atoms with Gasteiger partial charge in [-0.05, 0) is 30.5 Å². The minimum Gasteiger partial charge on any atom is -0.484 e. The van der Waals surface area contributed by atoms with Crippen molar-refractivity contribution >= 4 is 5.91 Å². The molecule has 17 heavy (non-hydrogen) atoms. The van der Waals surface area contributed by atoms with Gasteiger partial charge in [-0.1, -0.05) is 26.0 Å². The van der Waals surface area contributed by atoms with Gasteiger partial charge in [0.1, 0.15) is 5.75 Å². The maximum atomic E-state index is 11.5. The molecule has 0 N–H and O–H groups in total. The molecule has 3 heteroatoms. The van der Waals surface area contributed by atoms with Crippen molar-refractivity contribution in [2.75, 3.05) is 20.2 Å². The normalized spacial score (nSPS) is 10.4. The first-order valence-corrected chi connectivity index (χ1v) is 6.01. The molecular weight excluding hydrogens is 214 g/mol. The van der Waals surface area contributed by atoms with E-state index in [1.54, 1.807) is 11.9 Å². The minimum atomic E-state index is 0.000404. The molecule has 0 heterocycles. The Morgan fingerprint density at radius 3 is 2.35 bits per heavy atom. The number of hydrogen-bond acceptors (Lipinski definition) is 2. The van der Waals surface area contributed by atoms with Crippen molar-refractivity contribution in [2.24, 2.45) is 0 Å². The first-order chi connectivity index (χ1) is 8.04. The summed E-state index contributed by atoms with van der Waals surface area (Å²) in [5.74, 6) is 1.25. The molecule has 0 saturated carbocycles. The van der Waals surface area contributed by atoms with Gasteiger partial charge < -0.3 is 9.64 Å². The quantitative estimate of drug-likeness (QED) is 0.785. The van der Waals surface area contributed by atoms with E-state index in [1.165, 1.54) is 5.56 Å². The molecule has 3 nitrogen and oxygen atoms in total. The number of benzene rings is 1. The van der Waals surface area contributed by atoms with Crippen LogP contribution in [0.25, 0.3) is 0 Å². The summed E-state index contributed by atoms with van der Waals surface area (Å²) in [6.45, 7) is 7.04. The molecule has 1 amide bonds. The number of nitrogens with zero attached hydrogens (tertiary/aromatic N) is 1. The second-order valence-electron chi connectivity index (χ2n) is 4.42. The molecule has 0 aliphatic carbocycles. The van der Waals surface area contributed by atoms with E-state index in [-0.39, 0.29) is 12.5 Å². The number of carbonyl (C=O) groups excluding carboxylic acids is 1. The van der Waals surface area contributed by atoms with Crippen LogP contribution < -0.4 is 4.74 Å². The van der Waals surface area contributed by atoms with Crippen LogP contribution in [0.1, 0.15) is 32.3 Å². The van der Waals surface area contributed by atoms with Crippen molar-refractivity contribution in [3.63, 3.8) is 0 Å². The molecule has 0 unspecified atom stereocenters. The third-order valence-electron chi connectivity index (χ3n) is 2.81. The van der Waals surface area contributed by atoms with Gasteiger partial charge in [-0.15, -0.1) is 0 Å². The largest absolute Gasteiger partial charge is 0.484 e. The van der Waals surface area contributed by atoms with Gasteiger partial charge in [0.2, 0.25) is 0 Å². The Morgan fingerprint density at radius 2 is 1.88 bits per heavy atom. The van der Waals surface area contributed by atoms with Crippen LogP contribution >= 0.6 is 0 Å². The van der Waals surface area contributed by atoms with Crippen LogP contribution in [0, 0.1) is 0 Å². The fourth-order valence-corrected chi connectivity index (χ4v) is 1.38. The Balaban J connectivity index is 2.50. The lowest BCUT2D eigenvalue weighted by atomic mass is 10.0. The molecule has 0 spiro atoms. The number of amides is 1. The molecule has 0 bridgehead atoms. The first-order valence-electron chi connectivity index (χ1n) is 6.01. The third kappa shape index (κ3) is 4.10. The van der Waals surface area contributed by atoms with E-state index in [4.69, 9.17) is 4.74 Å². The van der Waals surface area contributed by atoms with Crippen LogP contribution in [0.15, 0.2) is 24.3 Å². The van der Waals surface area contributed by atoms with Crippen molar-refractivity contribution < 1.29 is 9.53 Å². The van der Waals surface area contributed by atoms with Crippen molar-refractivity contribution in [1.29, 1.82) is 0 Å². The Bertz CT molecular complexity index is 357. The monoisotopic (exact) mass is 235 g/mol. The van der Waals surface area contributed by atoms with Crippen LogP contribution in [0.5, 0.6) is 5.75 Å². The van der Waals surface area contributed by atoms with Crippen LogP contribution in [0.3, 0.4) is 0 Å². The van der Waals surface area contributed by atoms with Crippen LogP contribution in [0.2, 0.25) is 0 Å². The third-order valence-corrected chi connectivity index (χ3v) is 2.81. The minimum absolute atomic E-state index is 0.000404. The standard InChI is InChI=1S/C14H21NO2/c1-5-15(4)14(16)10-17-13-8-6-12(7-9-13)11(2)3/h6-9,11H,5,10H2,1-4H3. The highest BCUT2D eigenvalue weighted by atomic mass is 16.5. The van der Waals surface area contributed by atoms with Gasteiger partial charge in [-0.3, -0.25) is 4.79 Å². The summed E-state index contributed by atoms with van der Waals surface area (Å²) < 4.78 is 5.43. The van der Waals surface area contributed by atoms with Gasteiger partial charge >= 0.3 is 0 Å². The topological polar surface area (TPSA) is 29.5 Å². The lowest BCUT2D eigenvalue weighted by Crippen LogP contribution is -2.31. The zero-order valence-electron chi connectivity index (χ0n) is 11.1. The van der Waals surface area contributed by atoms with Crippen molar-refractivity contribution in [2.45, 2.75) is 26.7 Å². The SMILES string of the molecule is CCN(C)C(=O)COc1ccc(C(C)C)cc1. The highest BCUT2D eigenvalue weighted by Crippen LogP contribution is 2.18. The molecule has 0 atom stereocenters. The van der Waals surface area contributed by atoms with E-state index in [0.29, 0.717) is 12.5 Å². The van der Waals surface area contributed by atoms with E-state index >= 15 is 0 Å². The predicted molar refractivity (Wildman–Crippen MR) is 69.3 cm³/mol. The average molecular weight is 235 g/mol. The van der Waals surface area contributed by atoms with Gasteiger partial charge in [-0.2, -0.15) is 0 Å². The molecule has 1 aromatic rings. The summed E-state index contributed by atoms with van der Waals surface area (Å²) in [5.41, 5.74) is 1.27. The summed E-state index contributed by atoms with van der Waals surface area (Å²) in [4.78, 5) is 13.2. The average Bonchev–Trinajstić information content (AvgIpc) is 2.35. The maximum Gasteiger partial charge on any atom is 0.260 e. The molecule has 1 rings (SSSR count). The molecule has 0 aromatic heterocycles. The molecule has 0 fully saturated rings. The lowest BCUT2D eigenvalue weighted by Gasteiger charge is -2.15. The van der Waals surface area contributed by atoms with Gasteiger partial charge in [0.15, 0.2) is 6.61 Å². The summed E-state index contributed by atoms with van der Waals surface area (Å²) >= 11 is 0. The Kier molecular flexibility index (Phi) is 5.01. The number of carbonyl (C=O) groups is 1. The van der Waals surface area contributed by atoms with E-state index in [1.807, 2.05) is 31.2 Å². The van der Waals surface area contributed by atoms with Crippen LogP contribution in [-0.4, -0.2) is 31.0 Å². The van der Waals surface area contributed by atoms with Crippen molar-refractivity contribution in [3.8, 4) is 5.75 Å². The van der Waals surface area contributed by atoms with Gasteiger partial charge in [0.05, 0.1) is 0 Å². The number of likely N-dealkylation sites (N-methyl/N-ethyl adjacent to an activating group) is 1. The van der Waals surface area contributed by atoms with E-state index in [2.05, 4.69) is 13.8 Å². The Hall–Kier alpha value is -1.51. The van der Waals surface area contributed by atoms with E-state index in [0.717, 1.165) is 5.75 Å². The number of hydrogen-bond donors (Lipinski definition) is 0. The summed E-state index contributed by atoms with van der Waals surface area (Å²) in [6, 6.07) is 7.89. The molecule has 0 aliphatic heterocycles. The van der Waals surface area contributed by atoms with Gasteiger partial charge in [-0.25, -0.2) is 0 Å². The predicted octanol–water partition coefficient (Wildman–Crippen LogP) is 2.67. The van der Waals surface area contributed by atoms with Crippen LogP contribution in [-0.2, 0) is 4.79 Å². The lowest BCUT2D eigenvalue weighted by molar-refractivity contribution is -0.131. The molecule has 0 saturated heterocycles. The van der Waals surface area contributed by atoms with Gasteiger partial charge in [0.25, 0.3) is 5.91 Å². The summed E-state index contributed by atoms with van der Waals surface area (Å²) in [7, 11) is 1.77.